The van der Waals surface area contributed by atoms with Crippen molar-refractivity contribution >= 4 is 5.82 Å². The summed E-state index contributed by atoms with van der Waals surface area (Å²) in [5.41, 5.74) is 3.63. The van der Waals surface area contributed by atoms with Gasteiger partial charge in [0.1, 0.15) is 5.82 Å². The average Bonchev–Trinajstić information content (AvgIpc) is 3.13. The van der Waals surface area contributed by atoms with Gasteiger partial charge in [-0.3, -0.25) is 9.88 Å². The highest BCUT2D eigenvalue weighted by Crippen LogP contribution is 2.18. The van der Waals surface area contributed by atoms with E-state index in [2.05, 4.69) is 63.6 Å². The molecule has 3 aromatic rings. The molecule has 1 N–H and O–H groups in total. The third kappa shape index (κ3) is 4.11. The summed E-state index contributed by atoms with van der Waals surface area (Å²) in [7, 11) is 0. The normalized spacial score (nSPS) is 15.9. The number of likely N-dealkylation sites (tertiary alicyclic amines) is 1. The predicted molar refractivity (Wildman–Crippen MR) is 104 cm³/mol. The highest BCUT2D eigenvalue weighted by molar-refractivity contribution is 5.40. The molecule has 0 saturated carbocycles. The van der Waals surface area contributed by atoms with Gasteiger partial charge in [-0.15, -0.1) is 0 Å². The molecule has 1 aliphatic rings. The maximum absolute atomic E-state index is 4.69. The van der Waals surface area contributed by atoms with Crippen LogP contribution in [0, 0.1) is 6.92 Å². The average molecular weight is 347 g/mol. The number of aryl methyl sites for hydroxylation is 1. The second kappa shape index (κ2) is 7.70. The van der Waals surface area contributed by atoms with Crippen LogP contribution in [0.2, 0.25) is 0 Å². The van der Waals surface area contributed by atoms with Crippen molar-refractivity contribution in [3.8, 4) is 5.69 Å². The summed E-state index contributed by atoms with van der Waals surface area (Å²) in [4.78, 5) is 6.70. The zero-order valence-corrected chi connectivity index (χ0v) is 15.2. The Hall–Kier alpha value is -2.66. The zero-order chi connectivity index (χ0) is 17.8. The Morgan fingerprint density at radius 1 is 1.12 bits per heavy atom. The molecule has 1 fully saturated rings. The lowest BCUT2D eigenvalue weighted by Gasteiger charge is -2.32. The van der Waals surface area contributed by atoms with Gasteiger partial charge in [-0.1, -0.05) is 18.2 Å². The zero-order valence-electron chi connectivity index (χ0n) is 15.2. The van der Waals surface area contributed by atoms with E-state index in [1.807, 2.05) is 29.3 Å². The molecule has 26 heavy (non-hydrogen) atoms. The molecule has 2 aromatic heterocycles. The number of benzene rings is 1. The summed E-state index contributed by atoms with van der Waals surface area (Å²) in [6, 6.07) is 15.1. The van der Waals surface area contributed by atoms with Gasteiger partial charge in [0.25, 0.3) is 0 Å². The first-order valence-electron chi connectivity index (χ1n) is 9.27. The van der Waals surface area contributed by atoms with Gasteiger partial charge in [0.05, 0.1) is 5.69 Å². The molecule has 1 saturated heterocycles. The van der Waals surface area contributed by atoms with Gasteiger partial charge in [-0.2, -0.15) is 5.10 Å². The molecule has 4 rings (SSSR count). The van der Waals surface area contributed by atoms with Crippen molar-refractivity contribution in [1.82, 2.24) is 19.7 Å². The van der Waals surface area contributed by atoms with Gasteiger partial charge < -0.3 is 5.32 Å². The first-order valence-corrected chi connectivity index (χ1v) is 9.27. The number of piperidine rings is 1. The lowest BCUT2D eigenvalue weighted by Crippen LogP contribution is -2.38. The van der Waals surface area contributed by atoms with Crippen LogP contribution < -0.4 is 5.32 Å². The van der Waals surface area contributed by atoms with Crippen molar-refractivity contribution in [2.45, 2.75) is 32.4 Å². The van der Waals surface area contributed by atoms with E-state index in [-0.39, 0.29) is 0 Å². The number of anilines is 1. The largest absolute Gasteiger partial charge is 0.366 e. The van der Waals surface area contributed by atoms with Crippen molar-refractivity contribution in [1.29, 1.82) is 0 Å². The molecule has 0 spiro atoms. The second-order valence-electron chi connectivity index (χ2n) is 7.04. The Kier molecular flexibility index (Phi) is 4.97. The molecular weight excluding hydrogens is 322 g/mol. The summed E-state index contributed by atoms with van der Waals surface area (Å²) in [5.74, 6) is 0.956. The molecule has 3 heterocycles. The van der Waals surface area contributed by atoms with Gasteiger partial charge in [-0.25, -0.2) is 4.68 Å². The molecule has 1 aliphatic heterocycles. The first-order chi connectivity index (χ1) is 12.8. The van der Waals surface area contributed by atoms with E-state index < -0.39 is 0 Å². The molecule has 0 atom stereocenters. The number of hydrogen-bond acceptors (Lipinski definition) is 4. The highest BCUT2D eigenvalue weighted by Gasteiger charge is 2.19. The van der Waals surface area contributed by atoms with Crippen LogP contribution in [0.1, 0.15) is 24.0 Å². The van der Waals surface area contributed by atoms with E-state index in [4.69, 9.17) is 0 Å². The topological polar surface area (TPSA) is 46.0 Å². The van der Waals surface area contributed by atoms with Crippen molar-refractivity contribution in [2.24, 2.45) is 0 Å². The molecular formula is C21H25N5. The summed E-state index contributed by atoms with van der Waals surface area (Å²) in [5, 5.41) is 8.29. The van der Waals surface area contributed by atoms with E-state index in [1.54, 1.807) is 0 Å². The molecule has 134 valence electrons. The van der Waals surface area contributed by atoms with Crippen LogP contribution in [0.5, 0.6) is 0 Å². The SMILES string of the molecule is Cc1cccc(-n2ccc(NC3CCN(Cc4cccnc4)CC3)n2)c1. The molecule has 5 nitrogen and oxygen atoms in total. The Bertz CT molecular complexity index is 834. The van der Waals surface area contributed by atoms with Crippen molar-refractivity contribution in [3.05, 3.63) is 72.2 Å². The van der Waals surface area contributed by atoms with Crippen LogP contribution in [0.25, 0.3) is 5.69 Å². The monoisotopic (exact) mass is 347 g/mol. The number of hydrogen-bond donors (Lipinski definition) is 1. The summed E-state index contributed by atoms with van der Waals surface area (Å²) >= 11 is 0. The van der Waals surface area contributed by atoms with Crippen molar-refractivity contribution in [2.75, 3.05) is 18.4 Å². The standard InChI is InChI=1S/C21H25N5/c1-17-4-2-6-20(14-17)26-13-9-21(24-26)23-19-7-11-25(12-8-19)16-18-5-3-10-22-15-18/h2-6,9-10,13-15,19H,7-8,11-12,16H2,1H3,(H,23,24). The minimum absolute atomic E-state index is 0.487. The van der Waals surface area contributed by atoms with Gasteiger partial charge in [0.2, 0.25) is 0 Å². The van der Waals surface area contributed by atoms with Crippen LogP contribution >= 0.6 is 0 Å². The molecule has 0 unspecified atom stereocenters. The fourth-order valence-electron chi connectivity index (χ4n) is 3.51. The number of aromatic nitrogens is 3. The summed E-state index contributed by atoms with van der Waals surface area (Å²) in [6.07, 6.45) is 8.08. The minimum Gasteiger partial charge on any atom is -0.366 e. The van der Waals surface area contributed by atoms with Crippen LogP contribution in [-0.2, 0) is 6.54 Å². The molecule has 1 aromatic carbocycles. The fraction of sp³-hybridized carbons (Fsp3) is 0.333. The van der Waals surface area contributed by atoms with E-state index in [9.17, 15) is 0 Å². The van der Waals surface area contributed by atoms with E-state index in [1.165, 1.54) is 11.1 Å². The number of pyridine rings is 1. The van der Waals surface area contributed by atoms with Gasteiger partial charge >= 0.3 is 0 Å². The van der Waals surface area contributed by atoms with Crippen LogP contribution in [0.3, 0.4) is 0 Å². The molecule has 0 amide bonds. The Labute approximate surface area is 154 Å². The van der Waals surface area contributed by atoms with E-state index in [0.29, 0.717) is 6.04 Å². The van der Waals surface area contributed by atoms with Gasteiger partial charge in [0.15, 0.2) is 0 Å². The molecule has 0 radical (unpaired) electrons. The number of nitrogens with one attached hydrogen (secondary N) is 1. The minimum atomic E-state index is 0.487. The van der Waals surface area contributed by atoms with Gasteiger partial charge in [-0.05, 0) is 49.1 Å². The Morgan fingerprint density at radius 3 is 2.77 bits per heavy atom. The molecule has 0 aliphatic carbocycles. The fourth-order valence-corrected chi connectivity index (χ4v) is 3.51. The number of rotatable bonds is 5. The van der Waals surface area contributed by atoms with Crippen LogP contribution in [-0.4, -0.2) is 38.8 Å². The quantitative estimate of drug-likeness (QED) is 0.765. The summed E-state index contributed by atoms with van der Waals surface area (Å²) < 4.78 is 1.94. The molecule has 0 bridgehead atoms. The molecule has 5 heteroatoms. The first kappa shape index (κ1) is 16.8. The summed E-state index contributed by atoms with van der Waals surface area (Å²) in [6.45, 7) is 5.30. The lowest BCUT2D eigenvalue weighted by atomic mass is 10.0. The smallest absolute Gasteiger partial charge is 0.148 e. The van der Waals surface area contributed by atoms with Crippen LogP contribution in [0.15, 0.2) is 61.1 Å². The lowest BCUT2D eigenvalue weighted by molar-refractivity contribution is 0.211. The third-order valence-electron chi connectivity index (χ3n) is 4.92. The van der Waals surface area contributed by atoms with Crippen LogP contribution in [0.4, 0.5) is 5.82 Å². The third-order valence-corrected chi connectivity index (χ3v) is 4.92. The maximum atomic E-state index is 4.69. The van der Waals surface area contributed by atoms with Crippen molar-refractivity contribution in [3.63, 3.8) is 0 Å². The van der Waals surface area contributed by atoms with E-state index in [0.717, 1.165) is 44.0 Å². The predicted octanol–water partition coefficient (Wildman–Crippen LogP) is 3.65. The van der Waals surface area contributed by atoms with E-state index >= 15 is 0 Å². The van der Waals surface area contributed by atoms with Gasteiger partial charge in [0, 0.05) is 50.3 Å². The van der Waals surface area contributed by atoms with Crippen molar-refractivity contribution < 1.29 is 0 Å². The second-order valence-corrected chi connectivity index (χ2v) is 7.04. The Balaban J connectivity index is 1.31. The number of nitrogens with zero attached hydrogens (tertiary/aromatic N) is 4. The highest BCUT2D eigenvalue weighted by atomic mass is 15.3. The Morgan fingerprint density at radius 2 is 2.00 bits per heavy atom. The maximum Gasteiger partial charge on any atom is 0.148 e.